The second-order valence-corrected chi connectivity index (χ2v) is 6.33. The third-order valence-corrected chi connectivity index (χ3v) is 4.44. The number of nitrogens with zero attached hydrogens (tertiary/aromatic N) is 3. The third-order valence-electron chi connectivity index (χ3n) is 3.24. The third kappa shape index (κ3) is 5.18. The second-order valence-electron chi connectivity index (χ2n) is 5.13. The van der Waals surface area contributed by atoms with Crippen molar-refractivity contribution in [3.05, 3.63) is 40.1 Å². The number of aryl methyl sites for hydroxylation is 2. The molecule has 2 N–H and O–H groups in total. The molecule has 2 rings (SSSR count). The summed E-state index contributed by atoms with van der Waals surface area (Å²) in [6, 6.07) is 2.09. The topological polar surface area (TPSA) is 54.2 Å². The molecule has 6 heteroatoms. The van der Waals surface area contributed by atoms with Gasteiger partial charge in [-0.25, -0.2) is 9.98 Å². The first kappa shape index (κ1) is 16.5. The molecule has 0 spiro atoms. The van der Waals surface area contributed by atoms with Gasteiger partial charge >= 0.3 is 0 Å². The first-order chi connectivity index (χ1) is 10.7. The Morgan fingerprint density at radius 1 is 1.36 bits per heavy atom. The maximum atomic E-state index is 4.61. The van der Waals surface area contributed by atoms with Crippen molar-refractivity contribution in [1.29, 1.82) is 0 Å². The first-order valence-corrected chi connectivity index (χ1v) is 8.59. The first-order valence-electron chi connectivity index (χ1n) is 7.77. The molecule has 0 atom stereocenters. The van der Waals surface area contributed by atoms with Crippen molar-refractivity contribution < 1.29 is 0 Å². The minimum Gasteiger partial charge on any atom is -0.357 e. The minimum absolute atomic E-state index is 0.688. The smallest absolute Gasteiger partial charge is 0.191 e. The van der Waals surface area contributed by atoms with Crippen LogP contribution < -0.4 is 10.6 Å². The van der Waals surface area contributed by atoms with E-state index >= 15 is 0 Å². The summed E-state index contributed by atoms with van der Waals surface area (Å²) in [5.74, 6) is 0.860. The standard InChI is InChI=1S/C16H25N5S/c1-4-14-11-19-15(22-14)6-8-18-16(17-5-2)20-10-13-7-9-21(3)12-13/h7,9,11-12H,4-6,8,10H2,1-3H3,(H2,17,18,20). The lowest BCUT2D eigenvalue weighted by molar-refractivity contribution is 0.796. The number of thiazole rings is 1. The molecule has 0 aliphatic rings. The van der Waals surface area contributed by atoms with E-state index in [1.807, 2.05) is 24.0 Å². The van der Waals surface area contributed by atoms with Crippen LogP contribution in [0.25, 0.3) is 0 Å². The van der Waals surface area contributed by atoms with Crippen LogP contribution in [0.2, 0.25) is 0 Å². The molecular formula is C16H25N5S. The van der Waals surface area contributed by atoms with Gasteiger partial charge in [0, 0.05) is 50.0 Å². The van der Waals surface area contributed by atoms with Crippen molar-refractivity contribution >= 4 is 17.3 Å². The van der Waals surface area contributed by atoms with Gasteiger partial charge in [0.15, 0.2) is 5.96 Å². The Morgan fingerprint density at radius 2 is 2.23 bits per heavy atom. The Morgan fingerprint density at radius 3 is 2.86 bits per heavy atom. The molecule has 0 aliphatic heterocycles. The van der Waals surface area contributed by atoms with Gasteiger partial charge in [-0.3, -0.25) is 0 Å². The van der Waals surface area contributed by atoms with Gasteiger partial charge in [-0.05, 0) is 25.0 Å². The van der Waals surface area contributed by atoms with Gasteiger partial charge in [0.2, 0.25) is 0 Å². The number of guanidine groups is 1. The SMILES string of the molecule is CCNC(=NCc1ccn(C)c1)NCCc1ncc(CC)s1. The molecule has 2 aromatic rings. The van der Waals surface area contributed by atoms with Crippen LogP contribution in [0.4, 0.5) is 0 Å². The van der Waals surface area contributed by atoms with E-state index in [4.69, 9.17) is 0 Å². The molecule has 22 heavy (non-hydrogen) atoms. The van der Waals surface area contributed by atoms with Gasteiger partial charge in [0.05, 0.1) is 11.6 Å². The summed E-state index contributed by atoms with van der Waals surface area (Å²) in [5, 5.41) is 7.83. The molecule has 0 saturated carbocycles. The predicted molar refractivity (Wildman–Crippen MR) is 93.4 cm³/mol. The fraction of sp³-hybridized carbons (Fsp3) is 0.500. The summed E-state index contributed by atoms with van der Waals surface area (Å²) in [7, 11) is 2.02. The van der Waals surface area contributed by atoms with Gasteiger partial charge in [-0.15, -0.1) is 11.3 Å². The maximum absolute atomic E-state index is 4.61. The molecule has 0 saturated heterocycles. The summed E-state index contributed by atoms with van der Waals surface area (Å²) >= 11 is 1.80. The quantitative estimate of drug-likeness (QED) is 0.608. The van der Waals surface area contributed by atoms with E-state index < -0.39 is 0 Å². The molecule has 2 aromatic heterocycles. The van der Waals surface area contributed by atoms with Gasteiger partial charge in [-0.1, -0.05) is 6.92 Å². The van der Waals surface area contributed by atoms with E-state index in [0.717, 1.165) is 31.9 Å². The molecule has 0 aromatic carbocycles. The molecule has 2 heterocycles. The van der Waals surface area contributed by atoms with Gasteiger partial charge in [0.1, 0.15) is 0 Å². The summed E-state index contributed by atoms with van der Waals surface area (Å²) in [6.45, 7) is 6.63. The Balaban J connectivity index is 1.82. The molecule has 0 fully saturated rings. The van der Waals surface area contributed by atoms with Crippen molar-refractivity contribution in [2.24, 2.45) is 12.0 Å². The normalized spacial score (nSPS) is 11.7. The lowest BCUT2D eigenvalue weighted by atomic mass is 10.3. The fourth-order valence-electron chi connectivity index (χ4n) is 2.08. The Labute approximate surface area is 136 Å². The van der Waals surface area contributed by atoms with E-state index in [1.54, 1.807) is 11.3 Å². The largest absolute Gasteiger partial charge is 0.357 e. The van der Waals surface area contributed by atoms with Crippen molar-refractivity contribution in [1.82, 2.24) is 20.2 Å². The van der Waals surface area contributed by atoms with Crippen molar-refractivity contribution in [2.75, 3.05) is 13.1 Å². The average molecular weight is 319 g/mol. The van der Waals surface area contributed by atoms with Crippen molar-refractivity contribution in [3.63, 3.8) is 0 Å². The number of nitrogens with one attached hydrogen (secondary N) is 2. The highest BCUT2D eigenvalue weighted by atomic mass is 32.1. The zero-order chi connectivity index (χ0) is 15.8. The van der Waals surface area contributed by atoms with E-state index in [1.165, 1.54) is 15.4 Å². The number of aromatic nitrogens is 2. The average Bonchev–Trinajstić information content (AvgIpc) is 3.13. The number of rotatable bonds is 7. The van der Waals surface area contributed by atoms with Crippen LogP contribution in [-0.4, -0.2) is 28.6 Å². The summed E-state index contributed by atoms with van der Waals surface area (Å²) in [4.78, 5) is 10.4. The number of hydrogen-bond donors (Lipinski definition) is 2. The Bertz CT molecular complexity index is 599. The molecule has 0 bridgehead atoms. The predicted octanol–water partition coefficient (Wildman–Crippen LogP) is 2.34. The maximum Gasteiger partial charge on any atom is 0.191 e. The Hall–Kier alpha value is -1.82. The van der Waals surface area contributed by atoms with E-state index in [-0.39, 0.29) is 0 Å². The van der Waals surface area contributed by atoms with Crippen LogP contribution in [0.3, 0.4) is 0 Å². The van der Waals surface area contributed by atoms with Gasteiger partial charge < -0.3 is 15.2 Å². The van der Waals surface area contributed by atoms with Crippen LogP contribution in [0, 0.1) is 0 Å². The highest BCUT2D eigenvalue weighted by Gasteiger charge is 2.02. The molecular weight excluding hydrogens is 294 g/mol. The summed E-state index contributed by atoms with van der Waals surface area (Å²) in [5.41, 5.74) is 1.22. The van der Waals surface area contributed by atoms with E-state index in [0.29, 0.717) is 6.54 Å². The van der Waals surface area contributed by atoms with Gasteiger partial charge in [0.25, 0.3) is 0 Å². The Kier molecular flexibility index (Phi) is 6.45. The van der Waals surface area contributed by atoms with Crippen LogP contribution in [0.1, 0.15) is 29.3 Å². The van der Waals surface area contributed by atoms with Gasteiger partial charge in [-0.2, -0.15) is 0 Å². The van der Waals surface area contributed by atoms with Crippen molar-refractivity contribution in [2.45, 2.75) is 33.2 Å². The molecule has 120 valence electrons. The van der Waals surface area contributed by atoms with Crippen LogP contribution >= 0.6 is 11.3 Å². The highest BCUT2D eigenvalue weighted by molar-refractivity contribution is 7.11. The molecule has 0 amide bonds. The molecule has 0 unspecified atom stereocenters. The monoisotopic (exact) mass is 319 g/mol. The van der Waals surface area contributed by atoms with Crippen LogP contribution in [0.5, 0.6) is 0 Å². The van der Waals surface area contributed by atoms with Crippen molar-refractivity contribution in [3.8, 4) is 0 Å². The minimum atomic E-state index is 0.688. The van der Waals surface area contributed by atoms with E-state index in [9.17, 15) is 0 Å². The fourth-order valence-corrected chi connectivity index (χ4v) is 2.94. The molecule has 0 radical (unpaired) electrons. The zero-order valence-electron chi connectivity index (χ0n) is 13.6. The lowest BCUT2D eigenvalue weighted by Crippen LogP contribution is -2.38. The lowest BCUT2D eigenvalue weighted by Gasteiger charge is -2.10. The number of aliphatic imine (C=N–C) groups is 1. The van der Waals surface area contributed by atoms with Crippen LogP contribution in [0.15, 0.2) is 29.6 Å². The number of hydrogen-bond acceptors (Lipinski definition) is 3. The molecule has 0 aliphatic carbocycles. The second kappa shape index (κ2) is 8.58. The van der Waals surface area contributed by atoms with Crippen LogP contribution in [-0.2, 0) is 26.4 Å². The summed E-state index contributed by atoms with van der Waals surface area (Å²) in [6.07, 6.45) is 8.11. The highest BCUT2D eigenvalue weighted by Crippen LogP contribution is 2.13. The summed E-state index contributed by atoms with van der Waals surface area (Å²) < 4.78 is 2.04. The molecule has 5 nitrogen and oxygen atoms in total. The zero-order valence-corrected chi connectivity index (χ0v) is 14.4. The van der Waals surface area contributed by atoms with E-state index in [2.05, 4.69) is 46.7 Å².